The molecule has 2 nitrogen and oxygen atoms in total. The maximum absolute atomic E-state index is 5.94. The summed E-state index contributed by atoms with van der Waals surface area (Å²) in [4.78, 5) is 0. The van der Waals surface area contributed by atoms with Gasteiger partial charge in [0.15, 0.2) is 0 Å². The topological polar surface area (TPSA) is 52.0 Å². The summed E-state index contributed by atoms with van der Waals surface area (Å²) in [5.41, 5.74) is 11.4. The molecule has 0 aromatic heterocycles. The molecule has 1 radical (unpaired) electrons. The molecule has 29 heavy (non-hydrogen) atoms. The van der Waals surface area contributed by atoms with Crippen LogP contribution in [0.3, 0.4) is 0 Å². The highest BCUT2D eigenvalue weighted by Gasteiger charge is 2.00. The van der Waals surface area contributed by atoms with E-state index in [0.717, 1.165) is 19.4 Å². The third-order valence-corrected chi connectivity index (χ3v) is 5.81. The molecule has 2 heteroatoms. The van der Waals surface area contributed by atoms with E-state index in [1.807, 2.05) is 0 Å². The molecule has 1 unspecified atom stereocenters. The summed E-state index contributed by atoms with van der Waals surface area (Å²) in [6.45, 7) is 9.25. The van der Waals surface area contributed by atoms with Crippen LogP contribution >= 0.6 is 0 Å². The first-order chi connectivity index (χ1) is 14.2. The van der Waals surface area contributed by atoms with E-state index in [9.17, 15) is 0 Å². The lowest BCUT2D eigenvalue weighted by Crippen LogP contribution is -2.18. The summed E-state index contributed by atoms with van der Waals surface area (Å²) in [6, 6.07) is 0.405. The molecule has 177 valence electrons. The van der Waals surface area contributed by atoms with Gasteiger partial charge in [0, 0.05) is 6.04 Å². The monoisotopic (exact) mass is 411 g/mol. The van der Waals surface area contributed by atoms with Crippen LogP contribution < -0.4 is 11.5 Å². The molecule has 0 aliphatic carbocycles. The van der Waals surface area contributed by atoms with E-state index >= 15 is 0 Å². The average Bonchev–Trinajstić information content (AvgIpc) is 2.72. The summed E-state index contributed by atoms with van der Waals surface area (Å²) in [5.74, 6) is 0. The van der Waals surface area contributed by atoms with Crippen molar-refractivity contribution < 1.29 is 0 Å². The number of nitrogens with two attached hydrogens (primary N) is 2. The molecule has 1 atom stereocenters. The molecule has 0 amide bonds. The number of unbranched alkanes of at least 4 members (excludes halogenated alkanes) is 17. The third kappa shape index (κ3) is 32.8. The minimum Gasteiger partial charge on any atom is -0.330 e. The van der Waals surface area contributed by atoms with E-state index < -0.39 is 0 Å². The van der Waals surface area contributed by atoms with Crippen LogP contribution in [-0.4, -0.2) is 12.6 Å². The Balaban J connectivity index is 0. The molecule has 0 rings (SSSR count). The van der Waals surface area contributed by atoms with Gasteiger partial charge >= 0.3 is 0 Å². The quantitative estimate of drug-likeness (QED) is 0.175. The van der Waals surface area contributed by atoms with Gasteiger partial charge in [-0.25, -0.2) is 0 Å². The Kier molecular flexibility index (Phi) is 32.3. The lowest BCUT2D eigenvalue weighted by Gasteiger charge is -2.09. The van der Waals surface area contributed by atoms with Gasteiger partial charge in [0.2, 0.25) is 0 Å². The van der Waals surface area contributed by atoms with E-state index in [0.29, 0.717) is 6.04 Å². The number of hydrogen-bond acceptors (Lipinski definition) is 2. The van der Waals surface area contributed by atoms with E-state index in [2.05, 4.69) is 20.8 Å². The van der Waals surface area contributed by atoms with Crippen LogP contribution in [-0.2, 0) is 0 Å². The van der Waals surface area contributed by atoms with Crippen LogP contribution in [0.1, 0.15) is 155 Å². The largest absolute Gasteiger partial charge is 0.330 e. The molecule has 0 saturated heterocycles. The minimum atomic E-state index is 0.405. The van der Waals surface area contributed by atoms with Crippen molar-refractivity contribution in [3.05, 3.63) is 6.92 Å². The number of rotatable bonds is 22. The van der Waals surface area contributed by atoms with Gasteiger partial charge in [-0.05, 0) is 25.8 Å². The first-order valence-electron chi connectivity index (χ1n) is 13.5. The lowest BCUT2D eigenvalue weighted by atomic mass is 10.0. The zero-order valence-corrected chi connectivity index (χ0v) is 20.7. The third-order valence-electron chi connectivity index (χ3n) is 5.81. The van der Waals surface area contributed by atoms with Crippen LogP contribution in [0, 0.1) is 6.92 Å². The highest BCUT2D eigenvalue weighted by Crippen LogP contribution is 2.12. The van der Waals surface area contributed by atoms with Crippen LogP contribution in [0.2, 0.25) is 0 Å². The summed E-state index contributed by atoms with van der Waals surface area (Å²) in [6.07, 6.45) is 29.8. The average molecular weight is 412 g/mol. The van der Waals surface area contributed by atoms with Gasteiger partial charge in [0.1, 0.15) is 0 Å². The summed E-state index contributed by atoms with van der Waals surface area (Å²) >= 11 is 0. The predicted octanol–water partition coefficient (Wildman–Crippen LogP) is 8.71. The molecular weight excluding hydrogens is 352 g/mol. The Bertz CT molecular complexity index is 245. The first kappa shape index (κ1) is 31.1. The van der Waals surface area contributed by atoms with Crippen molar-refractivity contribution in [3.63, 3.8) is 0 Å². The predicted molar refractivity (Wildman–Crippen MR) is 135 cm³/mol. The maximum atomic E-state index is 5.94. The summed E-state index contributed by atoms with van der Waals surface area (Å²) in [7, 11) is 0. The van der Waals surface area contributed by atoms with E-state index in [-0.39, 0.29) is 0 Å². The van der Waals surface area contributed by atoms with Gasteiger partial charge in [-0.3, -0.25) is 0 Å². The van der Waals surface area contributed by atoms with E-state index in [1.165, 1.54) is 128 Å². The second-order valence-corrected chi connectivity index (χ2v) is 8.99. The van der Waals surface area contributed by atoms with Crippen LogP contribution in [0.15, 0.2) is 0 Å². The van der Waals surface area contributed by atoms with E-state index in [1.54, 1.807) is 0 Å². The smallest absolute Gasteiger partial charge is 0.00388 e. The van der Waals surface area contributed by atoms with Gasteiger partial charge in [-0.1, -0.05) is 143 Å². The summed E-state index contributed by atoms with van der Waals surface area (Å²) in [5, 5.41) is 0. The fourth-order valence-electron chi connectivity index (χ4n) is 3.76. The zero-order valence-electron chi connectivity index (χ0n) is 20.7. The normalized spacial score (nSPS) is 11.9. The second-order valence-electron chi connectivity index (χ2n) is 8.99. The van der Waals surface area contributed by atoms with Crippen molar-refractivity contribution in [2.24, 2.45) is 11.5 Å². The maximum Gasteiger partial charge on any atom is 0.00388 e. The minimum absolute atomic E-state index is 0.405. The molecule has 0 aliphatic rings. The molecule has 0 heterocycles. The van der Waals surface area contributed by atoms with Crippen molar-refractivity contribution in [1.29, 1.82) is 0 Å². The molecule has 0 aliphatic heterocycles. The molecule has 0 spiro atoms. The first-order valence-corrected chi connectivity index (χ1v) is 13.5. The van der Waals surface area contributed by atoms with Crippen LogP contribution in [0.5, 0.6) is 0 Å². The van der Waals surface area contributed by atoms with Crippen molar-refractivity contribution in [1.82, 2.24) is 0 Å². The second kappa shape index (κ2) is 30.1. The molecular formula is C27H59N2. The lowest BCUT2D eigenvalue weighted by molar-refractivity contribution is 0.508. The van der Waals surface area contributed by atoms with Crippen molar-refractivity contribution in [2.75, 3.05) is 6.54 Å². The summed E-state index contributed by atoms with van der Waals surface area (Å²) < 4.78 is 0. The van der Waals surface area contributed by atoms with Crippen LogP contribution in [0.25, 0.3) is 0 Å². The Morgan fingerprint density at radius 2 is 0.862 bits per heavy atom. The highest BCUT2D eigenvalue weighted by atomic mass is 14.6. The fraction of sp³-hybridized carbons (Fsp3) is 0.963. The number of hydrogen-bond donors (Lipinski definition) is 2. The van der Waals surface area contributed by atoms with Crippen LogP contribution in [0.4, 0.5) is 0 Å². The zero-order chi connectivity index (χ0) is 21.8. The molecule has 0 aromatic carbocycles. The van der Waals surface area contributed by atoms with Gasteiger partial charge in [-0.15, -0.1) is 0 Å². The van der Waals surface area contributed by atoms with Gasteiger partial charge in [0.05, 0.1) is 0 Å². The van der Waals surface area contributed by atoms with Gasteiger partial charge < -0.3 is 11.5 Å². The van der Waals surface area contributed by atoms with Crippen molar-refractivity contribution in [3.8, 4) is 0 Å². The molecule has 4 N–H and O–H groups in total. The Morgan fingerprint density at radius 3 is 1.21 bits per heavy atom. The molecule has 0 aromatic rings. The van der Waals surface area contributed by atoms with Crippen molar-refractivity contribution >= 4 is 0 Å². The van der Waals surface area contributed by atoms with Gasteiger partial charge in [-0.2, -0.15) is 0 Å². The fourth-order valence-corrected chi connectivity index (χ4v) is 3.76. The standard InChI is InChI=1S/C15H32N.C12H27N/c1-3-5-6-7-8-9-10-11-12-14-15(16)13-4-2;1-2-3-4-5-6-7-8-9-10-11-12-13/h15H,2-14,16H2,1H3;2-13H2,1H3. The Labute approximate surface area is 186 Å². The molecule has 0 fully saturated rings. The molecule has 0 saturated carbocycles. The Morgan fingerprint density at radius 1 is 0.517 bits per heavy atom. The highest BCUT2D eigenvalue weighted by molar-refractivity contribution is 4.62. The van der Waals surface area contributed by atoms with Crippen molar-refractivity contribution in [2.45, 2.75) is 161 Å². The van der Waals surface area contributed by atoms with E-state index in [4.69, 9.17) is 11.5 Å². The molecule has 0 bridgehead atoms. The SMILES string of the molecule is CCCCCCCCCCCCN.[CH2]CCC(N)CCCCCCCCCCC. The Hall–Kier alpha value is -0.0800. The van der Waals surface area contributed by atoms with Gasteiger partial charge in [0.25, 0.3) is 0 Å².